The Morgan fingerprint density at radius 3 is 1.67 bits per heavy atom. The maximum Gasteiger partial charge on any atom is 2.00 e. The van der Waals surface area contributed by atoms with Crippen LogP contribution in [0.1, 0.15) is 27.7 Å². The van der Waals surface area contributed by atoms with Gasteiger partial charge in [0.15, 0.2) is 0 Å². The van der Waals surface area contributed by atoms with Crippen LogP contribution in [0.25, 0.3) is 0 Å². The zero-order chi connectivity index (χ0) is 13.0. The first-order valence-corrected chi connectivity index (χ1v) is 7.29. The second-order valence-electron chi connectivity index (χ2n) is 3.99. The smallest absolute Gasteiger partial charge is 0.480 e. The topological polar surface area (TPSA) is 37.3 Å². The number of hydrogen-bond acceptors (Lipinski definition) is 1. The van der Waals surface area contributed by atoms with Gasteiger partial charge in [-0.05, 0) is 36.2 Å². The molecule has 0 unspecified atom stereocenters. The molecular weight excluding hydrogens is 306 g/mol. The van der Waals surface area contributed by atoms with Crippen molar-refractivity contribution in [2.75, 3.05) is 0 Å². The monoisotopic (exact) mass is 322 g/mol. The SMILES string of the molecule is C[C]1[CH][P][CH][C]1C.C[C]1[CH][P][C](C(=O)O)[C]1C.[Fe+2]. The Kier molecular flexibility index (Phi) is 9.33. The van der Waals surface area contributed by atoms with Crippen LogP contribution in [0.4, 0.5) is 0 Å². The summed E-state index contributed by atoms with van der Waals surface area (Å²) in [5, 5.41) is 8.60. The van der Waals surface area contributed by atoms with Gasteiger partial charge in [-0.1, -0.05) is 44.9 Å². The van der Waals surface area contributed by atoms with E-state index in [1.807, 2.05) is 20.0 Å². The van der Waals surface area contributed by atoms with E-state index in [4.69, 9.17) is 5.11 Å². The third-order valence-electron chi connectivity index (χ3n) is 2.69. The van der Waals surface area contributed by atoms with Crippen molar-refractivity contribution in [2.45, 2.75) is 27.7 Å². The largest absolute Gasteiger partial charge is 2.00 e. The minimum absolute atomic E-state index is 0. The molecule has 2 nitrogen and oxygen atoms in total. The van der Waals surface area contributed by atoms with Crippen LogP contribution in [-0.4, -0.2) is 11.1 Å². The van der Waals surface area contributed by atoms with Crippen LogP contribution in [0, 0.1) is 47.8 Å². The van der Waals surface area contributed by atoms with E-state index < -0.39 is 5.97 Å². The van der Waals surface area contributed by atoms with E-state index in [9.17, 15) is 4.79 Å². The normalized spacial score (nSPS) is 24.9. The van der Waals surface area contributed by atoms with Crippen molar-refractivity contribution in [3.8, 4) is 0 Å². The van der Waals surface area contributed by atoms with Gasteiger partial charge in [-0.3, -0.25) is 4.79 Å². The Hall–Kier alpha value is 0.849. The summed E-state index contributed by atoms with van der Waals surface area (Å²) in [5.74, 6) is 4.06. The molecule has 0 atom stereocenters. The van der Waals surface area contributed by atoms with E-state index >= 15 is 0 Å². The van der Waals surface area contributed by atoms with Gasteiger partial charge in [0.05, 0.1) is 0 Å². The van der Waals surface area contributed by atoms with Crippen molar-refractivity contribution in [1.82, 2.24) is 0 Å². The van der Waals surface area contributed by atoms with Crippen molar-refractivity contribution in [3.05, 3.63) is 47.8 Å². The van der Waals surface area contributed by atoms with Gasteiger partial charge in [0.25, 0.3) is 0 Å². The maximum atomic E-state index is 10.5. The number of carboxylic acid groups (broad SMARTS) is 1. The summed E-state index contributed by atoms with van der Waals surface area (Å²) in [6.07, 6.45) is 6.35. The fourth-order valence-electron chi connectivity index (χ4n) is 1.22. The minimum atomic E-state index is -0.799. The predicted molar refractivity (Wildman–Crippen MR) is 73.3 cm³/mol. The average molecular weight is 322 g/mol. The summed E-state index contributed by atoms with van der Waals surface area (Å²) in [5.41, 5.74) is 0.512. The Balaban J connectivity index is 0.000000321. The molecule has 2 rings (SSSR count). The van der Waals surface area contributed by atoms with E-state index in [2.05, 4.69) is 26.2 Å². The van der Waals surface area contributed by atoms with E-state index in [-0.39, 0.29) is 17.1 Å². The van der Waals surface area contributed by atoms with Gasteiger partial charge in [0, 0.05) is 5.92 Å². The van der Waals surface area contributed by atoms with Crippen LogP contribution >= 0.6 is 17.2 Å². The Morgan fingerprint density at radius 1 is 1.00 bits per heavy atom. The van der Waals surface area contributed by atoms with Crippen molar-refractivity contribution in [1.29, 1.82) is 0 Å². The molecule has 1 N–H and O–H groups in total. The molecule has 0 aromatic heterocycles. The van der Waals surface area contributed by atoms with Crippen LogP contribution in [0.5, 0.6) is 0 Å². The van der Waals surface area contributed by atoms with E-state index in [1.54, 1.807) is 0 Å². The van der Waals surface area contributed by atoms with Crippen LogP contribution in [0.2, 0.25) is 0 Å². The molecule has 0 spiro atoms. The number of carboxylic acids is 1. The third-order valence-corrected chi connectivity index (χ3v) is 5.07. The summed E-state index contributed by atoms with van der Waals surface area (Å²) < 4.78 is 0. The molecular formula is C13H16FeO2P2+2. The molecule has 96 valence electrons. The molecule has 10 radical (unpaired) electrons. The molecule has 18 heavy (non-hydrogen) atoms. The molecule has 0 aromatic rings. The standard InChI is InChI=1S/C7H8O2P.C6H8P.Fe/c1-4-3-10-6(5(4)2)7(8)9;1-5-3-7-4-6(5)2;/h3H,1-2H3,(H,8,9);3-4H,1-2H3;/q;;+2. The van der Waals surface area contributed by atoms with E-state index in [0.717, 1.165) is 20.4 Å². The fourth-order valence-corrected chi connectivity index (χ4v) is 3.15. The first-order chi connectivity index (χ1) is 7.93. The first kappa shape index (κ1) is 18.8. The molecule has 5 heteroatoms. The molecule has 2 aliphatic rings. The molecule has 2 aliphatic heterocycles. The molecule has 0 aromatic carbocycles. The summed E-state index contributed by atoms with van der Waals surface area (Å²) in [6.45, 7) is 8.06. The molecule has 2 saturated heterocycles. The quantitative estimate of drug-likeness (QED) is 0.575. The van der Waals surface area contributed by atoms with Crippen molar-refractivity contribution in [2.24, 2.45) is 0 Å². The van der Waals surface area contributed by atoms with Crippen LogP contribution < -0.4 is 0 Å². The van der Waals surface area contributed by atoms with E-state index in [1.165, 1.54) is 20.4 Å². The molecule has 0 amide bonds. The van der Waals surface area contributed by atoms with Crippen molar-refractivity contribution >= 4 is 23.1 Å². The molecule has 2 heterocycles. The number of hydrogen-bond donors (Lipinski definition) is 1. The van der Waals surface area contributed by atoms with Gasteiger partial charge in [0.1, 0.15) is 5.66 Å². The summed E-state index contributed by atoms with van der Waals surface area (Å²) in [7, 11) is 2.18. The molecule has 0 bridgehead atoms. The van der Waals surface area contributed by atoms with Gasteiger partial charge in [-0.25, -0.2) is 0 Å². The Morgan fingerprint density at radius 2 is 1.50 bits per heavy atom. The molecule has 0 saturated carbocycles. The first-order valence-electron chi connectivity index (χ1n) is 5.29. The van der Waals surface area contributed by atoms with Crippen LogP contribution in [-0.2, 0) is 21.9 Å². The third kappa shape index (κ3) is 5.46. The number of aliphatic carboxylic acids is 1. The van der Waals surface area contributed by atoms with Gasteiger partial charge >= 0.3 is 23.0 Å². The van der Waals surface area contributed by atoms with Crippen molar-refractivity contribution in [3.63, 3.8) is 0 Å². The second kappa shape index (κ2) is 8.91. The number of carbonyl (C=O) groups is 1. The minimum Gasteiger partial charge on any atom is -0.480 e. The zero-order valence-electron chi connectivity index (χ0n) is 10.8. The van der Waals surface area contributed by atoms with Gasteiger partial charge in [-0.2, -0.15) is 0 Å². The average Bonchev–Trinajstić information content (AvgIpc) is 2.78. The zero-order valence-corrected chi connectivity index (χ0v) is 13.7. The van der Waals surface area contributed by atoms with Crippen molar-refractivity contribution < 1.29 is 27.0 Å². The molecule has 0 aliphatic carbocycles. The number of rotatable bonds is 1. The van der Waals surface area contributed by atoms with E-state index in [0.29, 0.717) is 5.66 Å². The van der Waals surface area contributed by atoms with Gasteiger partial charge in [-0.15, -0.1) is 0 Å². The summed E-state index contributed by atoms with van der Waals surface area (Å²) >= 11 is 0. The summed E-state index contributed by atoms with van der Waals surface area (Å²) in [4.78, 5) is 10.5. The fraction of sp³-hybridized carbons (Fsp3) is 0.308. The predicted octanol–water partition coefficient (Wildman–Crippen LogP) is 4.37. The summed E-state index contributed by atoms with van der Waals surface area (Å²) in [6, 6.07) is 0. The Bertz CT molecular complexity index is 255. The Labute approximate surface area is 125 Å². The van der Waals surface area contributed by atoms with Gasteiger partial charge in [0.2, 0.25) is 0 Å². The molecule has 2 fully saturated rings. The maximum absolute atomic E-state index is 10.5. The van der Waals surface area contributed by atoms with Crippen LogP contribution in [0.3, 0.4) is 0 Å². The van der Waals surface area contributed by atoms with Gasteiger partial charge < -0.3 is 5.11 Å². The van der Waals surface area contributed by atoms with Crippen LogP contribution in [0.15, 0.2) is 0 Å². The second-order valence-corrected chi connectivity index (χ2v) is 5.77.